The molecule has 1 atom stereocenters. The second-order valence-electron chi connectivity index (χ2n) is 10.1. The van der Waals surface area contributed by atoms with Gasteiger partial charge in [-0.15, -0.1) is 0 Å². The summed E-state index contributed by atoms with van der Waals surface area (Å²) in [5.41, 5.74) is 0.710. The quantitative estimate of drug-likeness (QED) is 0.237. The van der Waals surface area contributed by atoms with Crippen LogP contribution in [0.15, 0.2) is 71.6 Å². The fourth-order valence-corrected chi connectivity index (χ4v) is 6.37. The predicted molar refractivity (Wildman–Crippen MR) is 169 cm³/mol. The number of carbonyl (C=O) groups is 2. The van der Waals surface area contributed by atoms with Crippen molar-refractivity contribution in [3.8, 4) is 11.5 Å². The van der Waals surface area contributed by atoms with Gasteiger partial charge >= 0.3 is 0 Å². The van der Waals surface area contributed by atoms with Crippen LogP contribution in [-0.2, 0) is 26.2 Å². The van der Waals surface area contributed by atoms with E-state index in [1.807, 2.05) is 13.8 Å². The molecule has 0 bridgehead atoms. The third-order valence-corrected chi connectivity index (χ3v) is 9.20. The van der Waals surface area contributed by atoms with Crippen LogP contribution in [0, 0.1) is 5.92 Å². The van der Waals surface area contributed by atoms with Crippen molar-refractivity contribution >= 4 is 50.7 Å². The number of ether oxygens (including phenoxy) is 2. The van der Waals surface area contributed by atoms with E-state index in [4.69, 9.17) is 32.7 Å². The third kappa shape index (κ3) is 8.34. The van der Waals surface area contributed by atoms with Gasteiger partial charge in [-0.3, -0.25) is 13.9 Å². The summed E-state index contributed by atoms with van der Waals surface area (Å²) in [6.45, 7) is 5.41. The van der Waals surface area contributed by atoms with Gasteiger partial charge in [0.25, 0.3) is 10.0 Å². The SMILES string of the molecule is CCC(C(=O)NCC(C)C)N(Cc1c(Cl)cccc1Cl)C(=O)CN(c1ccccc1)S(=O)(=O)c1ccc(OC)c(OC)c1. The standard InChI is InChI=1S/C31H37Cl2N3O6S/c1-6-27(31(38)34-18-21(2)3)35(19-24-25(32)13-10-14-26(24)33)30(37)20-36(22-11-8-7-9-12-22)43(39,40)23-15-16-28(41-4)29(17-23)42-5/h7-17,21,27H,6,18-20H2,1-5H3,(H,34,38). The van der Waals surface area contributed by atoms with Crippen LogP contribution in [0.1, 0.15) is 32.8 Å². The molecule has 0 aliphatic carbocycles. The number of nitrogens with zero attached hydrogens (tertiary/aromatic N) is 2. The molecule has 0 aliphatic rings. The second kappa shape index (κ2) is 15.3. The molecule has 0 fully saturated rings. The van der Waals surface area contributed by atoms with Gasteiger partial charge in [0.05, 0.1) is 24.8 Å². The molecule has 1 unspecified atom stereocenters. The number of anilines is 1. The number of amides is 2. The van der Waals surface area contributed by atoms with Crippen LogP contribution < -0.4 is 19.1 Å². The zero-order chi connectivity index (χ0) is 31.7. The van der Waals surface area contributed by atoms with E-state index in [1.165, 1.54) is 37.3 Å². The molecule has 3 aromatic carbocycles. The van der Waals surface area contributed by atoms with Crippen LogP contribution in [0.3, 0.4) is 0 Å². The molecule has 232 valence electrons. The monoisotopic (exact) mass is 649 g/mol. The van der Waals surface area contributed by atoms with E-state index in [-0.39, 0.29) is 41.1 Å². The Morgan fingerprint density at radius 1 is 0.907 bits per heavy atom. The molecule has 9 nitrogen and oxygen atoms in total. The fourth-order valence-electron chi connectivity index (χ4n) is 4.42. The normalized spacial score (nSPS) is 12.0. The molecule has 0 aliphatic heterocycles. The van der Waals surface area contributed by atoms with Crippen molar-refractivity contribution in [2.75, 3.05) is 31.6 Å². The van der Waals surface area contributed by atoms with Crippen LogP contribution in [0.25, 0.3) is 0 Å². The summed E-state index contributed by atoms with van der Waals surface area (Å²) in [6, 6.07) is 16.5. The Hall–Kier alpha value is -3.47. The number of sulfonamides is 1. The molecule has 1 N–H and O–H groups in total. The van der Waals surface area contributed by atoms with Gasteiger partial charge in [-0.05, 0) is 48.7 Å². The van der Waals surface area contributed by atoms with Crippen molar-refractivity contribution in [3.05, 3.63) is 82.3 Å². The lowest BCUT2D eigenvalue weighted by Crippen LogP contribution is -2.52. The number of carbonyl (C=O) groups excluding carboxylic acids is 2. The molecule has 0 saturated carbocycles. The van der Waals surface area contributed by atoms with Gasteiger partial charge in [-0.2, -0.15) is 0 Å². The number of halogens is 2. The molecular formula is C31H37Cl2N3O6S. The molecule has 0 heterocycles. The van der Waals surface area contributed by atoms with Gasteiger partial charge in [0.1, 0.15) is 12.6 Å². The molecule has 0 saturated heterocycles. The highest BCUT2D eigenvalue weighted by Crippen LogP contribution is 2.33. The van der Waals surface area contributed by atoms with E-state index in [2.05, 4.69) is 5.32 Å². The highest BCUT2D eigenvalue weighted by molar-refractivity contribution is 7.92. The van der Waals surface area contributed by atoms with E-state index in [0.29, 0.717) is 27.9 Å². The maximum atomic E-state index is 14.2. The first-order chi connectivity index (χ1) is 20.4. The first-order valence-corrected chi connectivity index (χ1v) is 15.9. The van der Waals surface area contributed by atoms with Gasteiger partial charge in [0.15, 0.2) is 11.5 Å². The van der Waals surface area contributed by atoms with Crippen molar-refractivity contribution in [3.63, 3.8) is 0 Å². The van der Waals surface area contributed by atoms with Crippen LogP contribution >= 0.6 is 23.2 Å². The van der Waals surface area contributed by atoms with Crippen LogP contribution in [0.2, 0.25) is 10.0 Å². The lowest BCUT2D eigenvalue weighted by atomic mass is 10.1. The van der Waals surface area contributed by atoms with E-state index in [0.717, 1.165) is 4.31 Å². The Morgan fingerprint density at radius 2 is 1.53 bits per heavy atom. The Labute approximate surface area is 263 Å². The molecule has 0 radical (unpaired) electrons. The molecule has 43 heavy (non-hydrogen) atoms. The Balaban J connectivity index is 2.10. The molecule has 3 rings (SSSR count). The molecule has 12 heteroatoms. The summed E-state index contributed by atoms with van der Waals surface area (Å²) in [7, 11) is -1.46. The number of benzene rings is 3. The largest absolute Gasteiger partial charge is 0.493 e. The topological polar surface area (TPSA) is 105 Å². The van der Waals surface area contributed by atoms with Crippen molar-refractivity contribution in [2.24, 2.45) is 5.92 Å². The lowest BCUT2D eigenvalue weighted by molar-refractivity contribution is -0.140. The average Bonchev–Trinajstić information content (AvgIpc) is 2.99. The molecule has 2 amide bonds. The Kier molecular flexibility index (Phi) is 12.1. The van der Waals surface area contributed by atoms with Gasteiger partial charge in [-0.1, -0.05) is 68.2 Å². The minimum Gasteiger partial charge on any atom is -0.493 e. The number of hydrogen-bond donors (Lipinski definition) is 1. The summed E-state index contributed by atoms with van der Waals surface area (Å²) in [5, 5.41) is 3.53. The minimum atomic E-state index is -4.31. The average molecular weight is 651 g/mol. The van der Waals surface area contributed by atoms with Crippen molar-refractivity contribution in [2.45, 2.75) is 44.7 Å². The van der Waals surface area contributed by atoms with Crippen molar-refractivity contribution in [1.82, 2.24) is 10.2 Å². The first kappa shape index (κ1) is 34.0. The van der Waals surface area contributed by atoms with Crippen LogP contribution in [-0.4, -0.2) is 58.5 Å². The van der Waals surface area contributed by atoms with E-state index >= 15 is 0 Å². The molecule has 0 aromatic heterocycles. The zero-order valence-corrected chi connectivity index (χ0v) is 27.2. The van der Waals surface area contributed by atoms with Gasteiger partial charge in [-0.25, -0.2) is 8.42 Å². The molecule has 0 spiro atoms. The summed E-state index contributed by atoms with van der Waals surface area (Å²) in [4.78, 5) is 28.8. The van der Waals surface area contributed by atoms with Crippen LogP contribution in [0.4, 0.5) is 5.69 Å². The smallest absolute Gasteiger partial charge is 0.264 e. The number of nitrogens with one attached hydrogen (secondary N) is 1. The Morgan fingerprint density at radius 3 is 2.09 bits per heavy atom. The van der Waals surface area contributed by atoms with Crippen LogP contribution in [0.5, 0.6) is 11.5 Å². The maximum absolute atomic E-state index is 14.2. The van der Waals surface area contributed by atoms with Gasteiger partial charge in [0.2, 0.25) is 11.8 Å². The highest BCUT2D eigenvalue weighted by Gasteiger charge is 2.34. The summed E-state index contributed by atoms with van der Waals surface area (Å²) in [6.07, 6.45) is 0.269. The van der Waals surface area contributed by atoms with Gasteiger partial charge < -0.3 is 19.7 Å². The zero-order valence-electron chi connectivity index (χ0n) is 24.8. The summed E-state index contributed by atoms with van der Waals surface area (Å²) >= 11 is 12.9. The lowest BCUT2D eigenvalue weighted by Gasteiger charge is -2.33. The predicted octanol–water partition coefficient (Wildman–Crippen LogP) is 5.79. The number of rotatable bonds is 14. The Bertz CT molecular complexity index is 1500. The maximum Gasteiger partial charge on any atom is 0.264 e. The van der Waals surface area contributed by atoms with Crippen molar-refractivity contribution < 1.29 is 27.5 Å². The van der Waals surface area contributed by atoms with E-state index < -0.39 is 28.5 Å². The first-order valence-electron chi connectivity index (χ1n) is 13.7. The second-order valence-corrected chi connectivity index (χ2v) is 12.8. The highest BCUT2D eigenvalue weighted by atomic mass is 35.5. The van der Waals surface area contributed by atoms with Crippen molar-refractivity contribution in [1.29, 1.82) is 0 Å². The molecular weight excluding hydrogens is 613 g/mol. The van der Waals surface area contributed by atoms with E-state index in [9.17, 15) is 18.0 Å². The summed E-state index contributed by atoms with van der Waals surface area (Å²) < 4.78 is 39.8. The number of methoxy groups -OCH3 is 2. The minimum absolute atomic E-state index is 0.107. The fraction of sp³-hybridized carbons (Fsp3) is 0.355. The summed E-state index contributed by atoms with van der Waals surface area (Å²) in [5.74, 6) is -0.225. The number of hydrogen-bond acceptors (Lipinski definition) is 6. The van der Waals surface area contributed by atoms with Gasteiger partial charge in [0, 0.05) is 34.8 Å². The van der Waals surface area contributed by atoms with E-state index in [1.54, 1.807) is 55.5 Å². The third-order valence-electron chi connectivity index (χ3n) is 6.73. The number of para-hydroxylation sites is 1. The molecule has 3 aromatic rings.